The van der Waals surface area contributed by atoms with Gasteiger partial charge in [-0.3, -0.25) is 4.79 Å². The van der Waals surface area contributed by atoms with Crippen molar-refractivity contribution in [3.05, 3.63) is 60.2 Å². The molecule has 1 fully saturated rings. The van der Waals surface area contributed by atoms with Crippen LogP contribution in [0.25, 0.3) is 11.1 Å². The van der Waals surface area contributed by atoms with Crippen molar-refractivity contribution in [1.29, 1.82) is 0 Å². The molecule has 1 aliphatic heterocycles. The van der Waals surface area contributed by atoms with E-state index in [9.17, 15) is 9.59 Å². The molecule has 0 aliphatic carbocycles. The maximum atomic E-state index is 12.5. The van der Waals surface area contributed by atoms with E-state index in [-0.39, 0.29) is 18.6 Å². The first-order valence-corrected chi connectivity index (χ1v) is 8.78. The van der Waals surface area contributed by atoms with Gasteiger partial charge >= 0.3 is 5.97 Å². The molecule has 0 bridgehead atoms. The van der Waals surface area contributed by atoms with Gasteiger partial charge in [0.15, 0.2) is 6.61 Å². The Morgan fingerprint density at radius 3 is 2.52 bits per heavy atom. The van der Waals surface area contributed by atoms with Crippen LogP contribution in [0.3, 0.4) is 0 Å². The van der Waals surface area contributed by atoms with Crippen LogP contribution >= 0.6 is 0 Å². The number of amides is 1. The summed E-state index contributed by atoms with van der Waals surface area (Å²) in [6, 6.07) is 17.2. The monoisotopic (exact) mass is 337 g/mol. The topological polar surface area (TPSA) is 46.6 Å². The van der Waals surface area contributed by atoms with Gasteiger partial charge in [0.05, 0.1) is 5.56 Å². The van der Waals surface area contributed by atoms with E-state index in [0.29, 0.717) is 5.56 Å². The first-order chi connectivity index (χ1) is 12.2. The van der Waals surface area contributed by atoms with Crippen LogP contribution in [-0.2, 0) is 9.53 Å². The van der Waals surface area contributed by atoms with E-state index in [1.165, 1.54) is 0 Å². The second kappa shape index (κ2) is 7.97. The van der Waals surface area contributed by atoms with Gasteiger partial charge in [-0.05, 0) is 43.4 Å². The van der Waals surface area contributed by atoms with Crippen molar-refractivity contribution in [2.75, 3.05) is 13.2 Å². The number of hydrogen-bond donors (Lipinski definition) is 0. The van der Waals surface area contributed by atoms with Gasteiger partial charge in [0.25, 0.3) is 5.91 Å². The van der Waals surface area contributed by atoms with E-state index < -0.39 is 5.97 Å². The zero-order valence-electron chi connectivity index (χ0n) is 14.5. The van der Waals surface area contributed by atoms with Crippen molar-refractivity contribution in [2.24, 2.45) is 0 Å². The van der Waals surface area contributed by atoms with Gasteiger partial charge < -0.3 is 9.64 Å². The van der Waals surface area contributed by atoms with E-state index in [2.05, 4.69) is 0 Å². The third kappa shape index (κ3) is 4.08. The van der Waals surface area contributed by atoms with Gasteiger partial charge in [0.2, 0.25) is 0 Å². The number of piperidine rings is 1. The Morgan fingerprint density at radius 2 is 1.76 bits per heavy atom. The lowest BCUT2D eigenvalue weighted by atomic mass is 10.00. The van der Waals surface area contributed by atoms with Crippen LogP contribution in [0.4, 0.5) is 0 Å². The van der Waals surface area contributed by atoms with E-state index in [1.54, 1.807) is 12.1 Å². The Bertz CT molecular complexity index is 742. The summed E-state index contributed by atoms with van der Waals surface area (Å²) in [6.07, 6.45) is 3.17. The highest BCUT2D eigenvalue weighted by Crippen LogP contribution is 2.24. The number of hydrogen-bond acceptors (Lipinski definition) is 3. The molecule has 0 N–H and O–H groups in total. The van der Waals surface area contributed by atoms with Gasteiger partial charge in [0, 0.05) is 12.6 Å². The molecule has 4 heteroatoms. The molecule has 130 valence electrons. The summed E-state index contributed by atoms with van der Waals surface area (Å²) in [5.74, 6) is -0.574. The number of rotatable bonds is 4. The summed E-state index contributed by atoms with van der Waals surface area (Å²) in [5.41, 5.74) is 2.24. The van der Waals surface area contributed by atoms with Crippen molar-refractivity contribution in [3.63, 3.8) is 0 Å². The van der Waals surface area contributed by atoms with Crippen LogP contribution < -0.4 is 0 Å². The lowest BCUT2D eigenvalue weighted by Crippen LogP contribution is -2.44. The van der Waals surface area contributed by atoms with E-state index in [4.69, 9.17) is 4.74 Å². The molecule has 1 amide bonds. The predicted molar refractivity (Wildman–Crippen MR) is 97.2 cm³/mol. The first-order valence-electron chi connectivity index (χ1n) is 8.78. The minimum Gasteiger partial charge on any atom is -0.452 e. The summed E-state index contributed by atoms with van der Waals surface area (Å²) in [5, 5.41) is 0. The minimum absolute atomic E-state index is 0.113. The van der Waals surface area contributed by atoms with Crippen molar-refractivity contribution in [3.8, 4) is 11.1 Å². The van der Waals surface area contributed by atoms with Gasteiger partial charge in [-0.25, -0.2) is 4.79 Å². The Labute approximate surface area is 148 Å². The van der Waals surface area contributed by atoms with Crippen molar-refractivity contribution >= 4 is 11.9 Å². The smallest absolute Gasteiger partial charge is 0.339 e. The molecule has 2 aromatic rings. The summed E-state index contributed by atoms with van der Waals surface area (Å²) in [7, 11) is 0. The number of carbonyl (C=O) groups is 2. The molecular formula is C21H23NO3. The van der Waals surface area contributed by atoms with E-state index in [1.807, 2.05) is 54.3 Å². The highest BCUT2D eigenvalue weighted by Gasteiger charge is 2.24. The predicted octanol–water partition coefficient (Wildman–Crippen LogP) is 3.91. The van der Waals surface area contributed by atoms with Crippen molar-refractivity contribution in [2.45, 2.75) is 32.2 Å². The van der Waals surface area contributed by atoms with Gasteiger partial charge in [-0.1, -0.05) is 48.5 Å². The summed E-state index contributed by atoms with van der Waals surface area (Å²) < 4.78 is 5.32. The standard InChI is InChI=1S/C21H23NO3/c1-16-9-7-8-14-22(16)20(23)15-25-21(24)19-13-6-5-12-18(19)17-10-3-2-4-11-17/h2-6,10-13,16H,7-9,14-15H2,1H3/t16-/m0/s1. The number of benzene rings is 2. The zero-order valence-corrected chi connectivity index (χ0v) is 14.5. The van der Waals surface area contributed by atoms with Crippen LogP contribution in [0.5, 0.6) is 0 Å². The largest absolute Gasteiger partial charge is 0.452 e. The quantitative estimate of drug-likeness (QED) is 0.795. The molecule has 3 rings (SSSR count). The van der Waals surface area contributed by atoms with Gasteiger partial charge in [-0.15, -0.1) is 0 Å². The Morgan fingerprint density at radius 1 is 1.04 bits per heavy atom. The molecule has 4 nitrogen and oxygen atoms in total. The molecule has 0 radical (unpaired) electrons. The third-order valence-electron chi connectivity index (χ3n) is 4.68. The molecule has 1 saturated heterocycles. The molecule has 1 aliphatic rings. The number of carbonyl (C=O) groups excluding carboxylic acids is 2. The van der Waals surface area contributed by atoms with E-state index >= 15 is 0 Å². The maximum absolute atomic E-state index is 12.5. The molecule has 0 saturated carbocycles. The van der Waals surface area contributed by atoms with Crippen LogP contribution in [-0.4, -0.2) is 36.0 Å². The van der Waals surface area contributed by atoms with E-state index in [0.717, 1.165) is 36.9 Å². The fourth-order valence-electron chi connectivity index (χ4n) is 3.29. The highest BCUT2D eigenvalue weighted by atomic mass is 16.5. The van der Waals surface area contributed by atoms with Gasteiger partial charge in [-0.2, -0.15) is 0 Å². The number of likely N-dealkylation sites (tertiary alicyclic amines) is 1. The fourth-order valence-corrected chi connectivity index (χ4v) is 3.29. The number of ether oxygens (including phenoxy) is 1. The van der Waals surface area contributed by atoms with Crippen LogP contribution in [0.2, 0.25) is 0 Å². The molecule has 0 unspecified atom stereocenters. The summed E-state index contributed by atoms with van der Waals surface area (Å²) >= 11 is 0. The lowest BCUT2D eigenvalue weighted by molar-refractivity contribution is -0.137. The second-order valence-corrected chi connectivity index (χ2v) is 6.42. The average Bonchev–Trinajstić information content (AvgIpc) is 2.67. The number of nitrogens with zero attached hydrogens (tertiary/aromatic N) is 1. The molecule has 25 heavy (non-hydrogen) atoms. The van der Waals surface area contributed by atoms with Crippen LogP contribution in [0, 0.1) is 0 Å². The summed E-state index contributed by atoms with van der Waals surface area (Å²) in [6.45, 7) is 2.59. The zero-order chi connectivity index (χ0) is 17.6. The lowest BCUT2D eigenvalue weighted by Gasteiger charge is -2.33. The Balaban J connectivity index is 1.69. The van der Waals surface area contributed by atoms with Crippen LogP contribution in [0.15, 0.2) is 54.6 Å². The SMILES string of the molecule is C[C@H]1CCCCN1C(=O)COC(=O)c1ccccc1-c1ccccc1. The maximum Gasteiger partial charge on any atom is 0.339 e. The molecule has 0 spiro atoms. The van der Waals surface area contributed by atoms with Gasteiger partial charge in [0.1, 0.15) is 0 Å². The first kappa shape index (κ1) is 17.2. The van der Waals surface area contributed by atoms with Crippen LogP contribution in [0.1, 0.15) is 36.5 Å². The fraction of sp³-hybridized carbons (Fsp3) is 0.333. The van der Waals surface area contributed by atoms with Crippen molar-refractivity contribution in [1.82, 2.24) is 4.90 Å². The minimum atomic E-state index is -0.461. The van der Waals surface area contributed by atoms with Crippen molar-refractivity contribution < 1.29 is 14.3 Å². The normalized spacial score (nSPS) is 17.2. The summed E-state index contributed by atoms with van der Waals surface area (Å²) in [4.78, 5) is 26.7. The Kier molecular flexibility index (Phi) is 5.49. The molecule has 0 aromatic heterocycles. The molecule has 1 atom stereocenters. The highest BCUT2D eigenvalue weighted by molar-refractivity contribution is 5.98. The second-order valence-electron chi connectivity index (χ2n) is 6.42. The third-order valence-corrected chi connectivity index (χ3v) is 4.68. The molecule has 2 aromatic carbocycles. The molecular weight excluding hydrogens is 314 g/mol. The number of esters is 1. The Hall–Kier alpha value is -2.62. The average molecular weight is 337 g/mol. The molecule has 1 heterocycles.